The van der Waals surface area contributed by atoms with Crippen LogP contribution in [0.3, 0.4) is 0 Å². The lowest BCUT2D eigenvalue weighted by Crippen LogP contribution is -2.43. The fourth-order valence-electron chi connectivity index (χ4n) is 4.88. The maximum Gasteiger partial charge on any atom is 0.227 e. The molecule has 2 aromatic carbocycles. The smallest absolute Gasteiger partial charge is 0.227 e. The zero-order valence-electron chi connectivity index (χ0n) is 19.5. The molecule has 0 saturated carbocycles. The lowest BCUT2D eigenvalue weighted by molar-refractivity contribution is -0.125. The van der Waals surface area contributed by atoms with E-state index in [9.17, 15) is 9.59 Å². The number of methoxy groups -OCH3 is 1. The van der Waals surface area contributed by atoms with Gasteiger partial charge in [-0.3, -0.25) is 9.59 Å². The van der Waals surface area contributed by atoms with Crippen LogP contribution < -0.4 is 15.0 Å². The molecule has 0 radical (unpaired) electrons. The van der Waals surface area contributed by atoms with Crippen molar-refractivity contribution in [3.8, 4) is 5.75 Å². The zero-order chi connectivity index (χ0) is 23.0. The van der Waals surface area contributed by atoms with Crippen molar-refractivity contribution >= 4 is 23.1 Å². The molecule has 0 saturated heterocycles. The summed E-state index contributed by atoms with van der Waals surface area (Å²) in [5, 5.41) is 3.53. The summed E-state index contributed by atoms with van der Waals surface area (Å²) in [5.74, 6) is 0.663. The molecule has 168 valence electrons. The Labute approximate surface area is 190 Å². The van der Waals surface area contributed by atoms with E-state index in [-0.39, 0.29) is 23.0 Å². The number of rotatable bonds is 4. The van der Waals surface area contributed by atoms with Crippen molar-refractivity contribution in [2.24, 2.45) is 17.3 Å². The predicted octanol–water partition coefficient (Wildman–Crippen LogP) is 5.74. The van der Waals surface area contributed by atoms with Crippen molar-refractivity contribution in [1.29, 1.82) is 0 Å². The fourth-order valence-corrected chi connectivity index (χ4v) is 4.88. The lowest BCUT2D eigenvalue weighted by atomic mass is 9.72. The molecule has 0 bridgehead atoms. The van der Waals surface area contributed by atoms with Gasteiger partial charge in [0.15, 0.2) is 0 Å². The number of amides is 1. The summed E-state index contributed by atoms with van der Waals surface area (Å²) in [6, 6.07) is 15.1. The van der Waals surface area contributed by atoms with Crippen LogP contribution >= 0.6 is 0 Å². The van der Waals surface area contributed by atoms with E-state index in [0.717, 1.165) is 28.4 Å². The average molecular weight is 433 g/mol. The van der Waals surface area contributed by atoms with Crippen LogP contribution in [0.4, 0.5) is 11.4 Å². The molecule has 0 spiro atoms. The van der Waals surface area contributed by atoms with Crippen molar-refractivity contribution < 1.29 is 14.3 Å². The van der Waals surface area contributed by atoms with E-state index in [0.29, 0.717) is 12.8 Å². The summed E-state index contributed by atoms with van der Waals surface area (Å²) in [5.41, 5.74) is 3.21. The topological polar surface area (TPSA) is 58.6 Å². The van der Waals surface area contributed by atoms with Crippen LogP contribution in [0.15, 0.2) is 60.3 Å². The van der Waals surface area contributed by atoms with E-state index in [1.807, 2.05) is 67.3 Å². The van der Waals surface area contributed by atoms with Gasteiger partial charge in [-0.25, -0.2) is 0 Å². The maximum absolute atomic E-state index is 13.7. The average Bonchev–Trinajstić information content (AvgIpc) is 2.86. The molecule has 5 nitrogen and oxygen atoms in total. The molecule has 1 amide bonds. The van der Waals surface area contributed by atoms with Crippen LogP contribution in [0, 0.1) is 17.3 Å². The second kappa shape index (κ2) is 8.45. The van der Waals surface area contributed by atoms with Gasteiger partial charge in [0.1, 0.15) is 11.5 Å². The number of ketones is 1. The molecule has 2 unspecified atom stereocenters. The molecule has 1 aliphatic carbocycles. The van der Waals surface area contributed by atoms with Gasteiger partial charge >= 0.3 is 0 Å². The van der Waals surface area contributed by atoms with Gasteiger partial charge in [0.25, 0.3) is 0 Å². The minimum absolute atomic E-state index is 0.0222. The first-order valence-corrected chi connectivity index (χ1v) is 11.3. The third-order valence-electron chi connectivity index (χ3n) is 6.20. The molecule has 2 aromatic rings. The molecule has 2 aliphatic rings. The molecule has 4 rings (SSSR count). The minimum atomic E-state index is -0.458. The van der Waals surface area contributed by atoms with Crippen LogP contribution in [-0.2, 0) is 9.59 Å². The fraction of sp³-hybridized carbons (Fsp3) is 0.407. The van der Waals surface area contributed by atoms with Crippen LogP contribution in [-0.4, -0.2) is 18.8 Å². The molecule has 2 atom stereocenters. The van der Waals surface area contributed by atoms with Gasteiger partial charge in [0.05, 0.1) is 30.4 Å². The number of anilines is 2. The number of Topliss-reactive ketones (excluding diaryl/α,β-unsaturated/α-hetero) is 1. The number of para-hydroxylation sites is 2. The normalized spacial score (nSPS) is 21.8. The molecule has 0 fully saturated rings. The number of carbonyl (C=O) groups excluding carboxylic acids is 2. The molecule has 1 N–H and O–H groups in total. The van der Waals surface area contributed by atoms with Gasteiger partial charge in [-0.2, -0.15) is 0 Å². The summed E-state index contributed by atoms with van der Waals surface area (Å²) in [7, 11) is 1.63. The van der Waals surface area contributed by atoms with Gasteiger partial charge in [-0.15, -0.1) is 0 Å². The molecular weight excluding hydrogens is 400 g/mol. The van der Waals surface area contributed by atoms with Crippen LogP contribution in [0.5, 0.6) is 5.75 Å². The van der Waals surface area contributed by atoms with E-state index in [1.165, 1.54) is 0 Å². The largest absolute Gasteiger partial charge is 0.497 e. The van der Waals surface area contributed by atoms with E-state index < -0.39 is 12.0 Å². The van der Waals surface area contributed by atoms with E-state index in [2.05, 4.69) is 25.2 Å². The second-order valence-electron chi connectivity index (χ2n) is 9.93. The molecular formula is C27H32N2O3. The summed E-state index contributed by atoms with van der Waals surface area (Å²) < 4.78 is 5.35. The SMILES string of the molecule is COc1ccc(C2C3C(=O)CC(C)(C)C=C3Nc3ccccc3N2C(=O)CC(C)C)cc1. The molecule has 1 aliphatic heterocycles. The van der Waals surface area contributed by atoms with Crippen molar-refractivity contribution in [2.75, 3.05) is 17.3 Å². The second-order valence-corrected chi connectivity index (χ2v) is 9.93. The van der Waals surface area contributed by atoms with Crippen molar-refractivity contribution in [3.63, 3.8) is 0 Å². The Hall–Kier alpha value is -3.08. The van der Waals surface area contributed by atoms with E-state index in [4.69, 9.17) is 4.74 Å². The van der Waals surface area contributed by atoms with Crippen molar-refractivity contribution in [3.05, 3.63) is 65.9 Å². The Morgan fingerprint density at radius 3 is 2.50 bits per heavy atom. The van der Waals surface area contributed by atoms with E-state index in [1.54, 1.807) is 7.11 Å². The molecule has 32 heavy (non-hydrogen) atoms. The molecule has 5 heteroatoms. The van der Waals surface area contributed by atoms with E-state index >= 15 is 0 Å². The monoisotopic (exact) mass is 432 g/mol. The Kier molecular flexibility index (Phi) is 5.85. The van der Waals surface area contributed by atoms with Crippen LogP contribution in [0.25, 0.3) is 0 Å². The highest BCUT2D eigenvalue weighted by Crippen LogP contribution is 2.48. The highest BCUT2D eigenvalue weighted by molar-refractivity contribution is 6.01. The lowest BCUT2D eigenvalue weighted by Gasteiger charge is -2.39. The number of carbonyl (C=O) groups is 2. The van der Waals surface area contributed by atoms with Gasteiger partial charge in [-0.1, -0.05) is 58.0 Å². The first kappa shape index (κ1) is 22.1. The Bertz CT molecular complexity index is 1050. The molecule has 0 aromatic heterocycles. The van der Waals surface area contributed by atoms with Gasteiger partial charge in [-0.05, 0) is 41.2 Å². The Balaban J connectivity index is 1.96. The van der Waals surface area contributed by atoms with Crippen LogP contribution in [0.2, 0.25) is 0 Å². The third kappa shape index (κ3) is 4.16. The Morgan fingerprint density at radius 1 is 1.16 bits per heavy atom. The van der Waals surface area contributed by atoms with Gasteiger partial charge in [0, 0.05) is 18.5 Å². The first-order valence-electron chi connectivity index (χ1n) is 11.3. The van der Waals surface area contributed by atoms with Gasteiger partial charge in [0.2, 0.25) is 5.91 Å². The van der Waals surface area contributed by atoms with Gasteiger partial charge < -0.3 is 15.0 Å². The summed E-state index contributed by atoms with van der Waals surface area (Å²) in [6.45, 7) is 8.25. The quantitative estimate of drug-likeness (QED) is 0.669. The highest BCUT2D eigenvalue weighted by Gasteiger charge is 2.46. The van der Waals surface area contributed by atoms with Crippen molar-refractivity contribution in [1.82, 2.24) is 0 Å². The number of nitrogens with one attached hydrogen (secondary N) is 1. The standard InChI is InChI=1S/C27H32N2O3/c1-17(2)14-24(31)29-22-9-7-6-8-20(22)28-21-15-27(3,4)16-23(30)25(21)26(29)18-10-12-19(32-5)13-11-18/h6-13,15,17,25-26,28H,14,16H2,1-5H3. The zero-order valence-corrected chi connectivity index (χ0v) is 19.5. The number of fused-ring (bicyclic) bond motifs is 2. The number of hydrogen-bond donors (Lipinski definition) is 1. The predicted molar refractivity (Wildman–Crippen MR) is 128 cm³/mol. The molecule has 1 heterocycles. The van der Waals surface area contributed by atoms with Crippen molar-refractivity contribution in [2.45, 2.75) is 46.6 Å². The summed E-state index contributed by atoms with van der Waals surface area (Å²) >= 11 is 0. The number of hydrogen-bond acceptors (Lipinski definition) is 4. The number of nitrogens with zero attached hydrogens (tertiary/aromatic N) is 1. The maximum atomic E-state index is 13.7. The Morgan fingerprint density at radius 2 is 1.84 bits per heavy atom. The minimum Gasteiger partial charge on any atom is -0.497 e. The first-order chi connectivity index (χ1) is 15.2. The van der Waals surface area contributed by atoms with Crippen LogP contribution in [0.1, 0.15) is 52.1 Å². The number of benzene rings is 2. The summed E-state index contributed by atoms with van der Waals surface area (Å²) in [6.07, 6.45) is 3.02. The third-order valence-corrected chi connectivity index (χ3v) is 6.20. The number of allylic oxidation sites excluding steroid dienone is 1. The number of ether oxygens (including phenoxy) is 1. The summed E-state index contributed by atoms with van der Waals surface area (Å²) in [4.78, 5) is 29.1. The highest BCUT2D eigenvalue weighted by atomic mass is 16.5.